The van der Waals surface area contributed by atoms with Gasteiger partial charge in [-0.2, -0.15) is 5.26 Å². The Morgan fingerprint density at radius 3 is 2.62 bits per heavy atom. The van der Waals surface area contributed by atoms with E-state index >= 15 is 0 Å². The van der Waals surface area contributed by atoms with Crippen LogP contribution in [0.1, 0.15) is 30.5 Å². The summed E-state index contributed by atoms with van der Waals surface area (Å²) >= 11 is 1.41. The van der Waals surface area contributed by atoms with E-state index in [1.807, 2.05) is 19.2 Å². The summed E-state index contributed by atoms with van der Waals surface area (Å²) in [5.41, 5.74) is 1.99. The van der Waals surface area contributed by atoms with Crippen LogP contribution in [-0.4, -0.2) is 31.3 Å². The number of nitrogens with zero attached hydrogens (tertiary/aromatic N) is 3. The number of hydrogen-bond acceptors (Lipinski definition) is 6. The standard InChI is InChI=1S/C18H22N4O2S2/c1-4-5-10-22(3)26(23,24)17-8-6-16(7-9-17)20-12-15(11-19)18-21-14(2)13-25-18/h6-9,12-13,20H,4-5,10H2,1-3H3/b15-12+. The minimum atomic E-state index is -3.47. The van der Waals surface area contributed by atoms with Crippen molar-refractivity contribution in [2.45, 2.75) is 31.6 Å². The summed E-state index contributed by atoms with van der Waals surface area (Å²) in [6, 6.07) is 8.60. The molecule has 1 aromatic heterocycles. The largest absolute Gasteiger partial charge is 0.360 e. The number of rotatable bonds is 8. The molecule has 26 heavy (non-hydrogen) atoms. The van der Waals surface area contributed by atoms with Gasteiger partial charge in [0.15, 0.2) is 0 Å². The molecule has 2 aromatic rings. The van der Waals surface area contributed by atoms with Gasteiger partial charge in [-0.25, -0.2) is 17.7 Å². The van der Waals surface area contributed by atoms with Gasteiger partial charge in [-0.15, -0.1) is 11.3 Å². The molecule has 1 heterocycles. The molecule has 0 aliphatic carbocycles. The van der Waals surface area contributed by atoms with Gasteiger partial charge >= 0.3 is 0 Å². The number of thiazole rings is 1. The molecule has 0 bridgehead atoms. The summed E-state index contributed by atoms with van der Waals surface area (Å²) in [6.07, 6.45) is 3.34. The minimum absolute atomic E-state index is 0.252. The second kappa shape index (κ2) is 8.94. The van der Waals surface area contributed by atoms with Crippen molar-refractivity contribution in [2.75, 3.05) is 18.9 Å². The van der Waals surface area contributed by atoms with Crippen molar-refractivity contribution in [2.24, 2.45) is 0 Å². The van der Waals surface area contributed by atoms with Gasteiger partial charge in [0, 0.05) is 36.6 Å². The first-order valence-electron chi connectivity index (χ1n) is 8.24. The van der Waals surface area contributed by atoms with E-state index in [2.05, 4.69) is 16.4 Å². The minimum Gasteiger partial charge on any atom is -0.360 e. The molecule has 138 valence electrons. The first-order valence-corrected chi connectivity index (χ1v) is 10.6. The molecule has 1 N–H and O–H groups in total. The number of aromatic nitrogens is 1. The Balaban J connectivity index is 2.12. The van der Waals surface area contributed by atoms with Crippen LogP contribution in [0.2, 0.25) is 0 Å². The van der Waals surface area contributed by atoms with Gasteiger partial charge in [-0.3, -0.25) is 0 Å². The maximum atomic E-state index is 12.5. The third-order valence-corrected chi connectivity index (χ3v) is 6.61. The lowest BCUT2D eigenvalue weighted by Gasteiger charge is -2.17. The van der Waals surface area contributed by atoms with Crippen LogP contribution in [0.5, 0.6) is 0 Å². The zero-order chi connectivity index (χ0) is 19.2. The van der Waals surface area contributed by atoms with E-state index in [1.165, 1.54) is 15.6 Å². The summed E-state index contributed by atoms with van der Waals surface area (Å²) in [6.45, 7) is 4.40. The third-order valence-electron chi connectivity index (χ3n) is 3.74. The lowest BCUT2D eigenvalue weighted by atomic mass is 10.3. The van der Waals surface area contributed by atoms with Gasteiger partial charge in [0.2, 0.25) is 10.0 Å². The molecular weight excluding hydrogens is 368 g/mol. The zero-order valence-electron chi connectivity index (χ0n) is 15.1. The molecule has 6 nitrogen and oxygen atoms in total. The lowest BCUT2D eigenvalue weighted by Crippen LogP contribution is -2.27. The summed E-state index contributed by atoms with van der Waals surface area (Å²) in [7, 11) is -1.88. The molecule has 2 rings (SSSR count). The SMILES string of the molecule is CCCCN(C)S(=O)(=O)c1ccc(N/C=C(\C#N)c2nc(C)cs2)cc1. The first-order chi connectivity index (χ1) is 12.4. The predicted molar refractivity (Wildman–Crippen MR) is 105 cm³/mol. The van der Waals surface area contributed by atoms with E-state index in [0.29, 0.717) is 22.8 Å². The van der Waals surface area contributed by atoms with Crippen molar-refractivity contribution < 1.29 is 8.42 Å². The topological polar surface area (TPSA) is 86.1 Å². The van der Waals surface area contributed by atoms with Gasteiger partial charge in [-0.1, -0.05) is 13.3 Å². The van der Waals surface area contributed by atoms with E-state index in [0.717, 1.165) is 18.5 Å². The number of nitrogens with one attached hydrogen (secondary N) is 1. The van der Waals surface area contributed by atoms with Gasteiger partial charge in [-0.05, 0) is 37.6 Å². The van der Waals surface area contributed by atoms with Crippen molar-refractivity contribution in [3.8, 4) is 6.07 Å². The number of anilines is 1. The summed E-state index contributed by atoms with van der Waals surface area (Å²) < 4.78 is 26.4. The monoisotopic (exact) mass is 390 g/mol. The molecule has 0 aliphatic rings. The molecule has 0 aliphatic heterocycles. The third kappa shape index (κ3) is 4.91. The molecular formula is C18H22N4O2S2. The quantitative estimate of drug-likeness (QED) is 0.692. The van der Waals surface area contributed by atoms with E-state index in [4.69, 9.17) is 0 Å². The highest BCUT2D eigenvalue weighted by Gasteiger charge is 2.19. The van der Waals surface area contributed by atoms with Crippen molar-refractivity contribution in [3.63, 3.8) is 0 Å². The Morgan fingerprint density at radius 2 is 2.08 bits per heavy atom. The predicted octanol–water partition coefficient (Wildman–Crippen LogP) is 3.85. The number of aryl methyl sites for hydroxylation is 1. The van der Waals surface area contributed by atoms with Crippen LogP contribution in [-0.2, 0) is 10.0 Å². The highest BCUT2D eigenvalue weighted by molar-refractivity contribution is 7.89. The molecule has 0 fully saturated rings. The van der Waals surface area contributed by atoms with E-state index in [1.54, 1.807) is 37.5 Å². The van der Waals surface area contributed by atoms with E-state index in [9.17, 15) is 13.7 Å². The fraction of sp³-hybridized carbons (Fsp3) is 0.333. The van der Waals surface area contributed by atoms with Gasteiger partial charge in [0.25, 0.3) is 0 Å². The molecule has 0 amide bonds. The number of nitriles is 1. The second-order valence-corrected chi connectivity index (χ2v) is 8.72. The lowest BCUT2D eigenvalue weighted by molar-refractivity contribution is 0.459. The van der Waals surface area contributed by atoms with Crippen LogP contribution in [0.15, 0.2) is 40.7 Å². The Kier molecular flexibility index (Phi) is 6.91. The van der Waals surface area contributed by atoms with Crippen molar-refractivity contribution >= 4 is 32.6 Å². The zero-order valence-corrected chi connectivity index (χ0v) is 16.7. The summed E-state index contributed by atoms with van der Waals surface area (Å²) in [5.74, 6) is 0. The molecule has 0 saturated heterocycles. The number of sulfonamides is 1. The molecule has 8 heteroatoms. The number of unbranched alkanes of at least 4 members (excludes halogenated alkanes) is 1. The highest BCUT2D eigenvalue weighted by atomic mass is 32.2. The molecule has 0 radical (unpaired) electrons. The normalized spacial score (nSPS) is 12.2. The Morgan fingerprint density at radius 1 is 1.38 bits per heavy atom. The van der Waals surface area contributed by atoms with Crippen molar-refractivity contribution in [1.82, 2.24) is 9.29 Å². The van der Waals surface area contributed by atoms with Crippen LogP contribution < -0.4 is 5.32 Å². The summed E-state index contributed by atoms with van der Waals surface area (Å²) in [4.78, 5) is 4.54. The molecule has 0 atom stereocenters. The fourth-order valence-electron chi connectivity index (χ4n) is 2.18. The summed E-state index contributed by atoms with van der Waals surface area (Å²) in [5, 5.41) is 14.8. The maximum Gasteiger partial charge on any atom is 0.242 e. The van der Waals surface area contributed by atoms with E-state index in [-0.39, 0.29) is 4.90 Å². The van der Waals surface area contributed by atoms with Gasteiger partial charge in [0.05, 0.1) is 4.90 Å². The smallest absolute Gasteiger partial charge is 0.242 e. The van der Waals surface area contributed by atoms with E-state index < -0.39 is 10.0 Å². The highest BCUT2D eigenvalue weighted by Crippen LogP contribution is 2.21. The van der Waals surface area contributed by atoms with Gasteiger partial charge < -0.3 is 5.32 Å². The van der Waals surface area contributed by atoms with Crippen LogP contribution in [0.3, 0.4) is 0 Å². The van der Waals surface area contributed by atoms with Crippen molar-refractivity contribution in [3.05, 3.63) is 46.5 Å². The number of hydrogen-bond donors (Lipinski definition) is 1. The Labute approximate surface area is 158 Å². The Hall–Kier alpha value is -2.21. The molecule has 0 spiro atoms. The van der Waals surface area contributed by atoms with Gasteiger partial charge in [0.1, 0.15) is 16.6 Å². The maximum absolute atomic E-state index is 12.5. The Bertz CT molecular complexity index is 909. The molecule has 0 unspecified atom stereocenters. The van der Waals surface area contributed by atoms with Crippen molar-refractivity contribution in [1.29, 1.82) is 5.26 Å². The van der Waals surface area contributed by atoms with Crippen LogP contribution >= 0.6 is 11.3 Å². The van der Waals surface area contributed by atoms with Crippen LogP contribution in [0.25, 0.3) is 5.57 Å². The molecule has 1 aromatic carbocycles. The second-order valence-electron chi connectivity index (χ2n) is 5.81. The van der Waals surface area contributed by atoms with Crippen LogP contribution in [0.4, 0.5) is 5.69 Å². The average Bonchev–Trinajstić information content (AvgIpc) is 3.06. The number of benzene rings is 1. The molecule has 0 saturated carbocycles. The average molecular weight is 391 g/mol. The first kappa shape index (κ1) is 20.1. The van der Waals surface area contributed by atoms with Crippen LogP contribution in [0, 0.1) is 18.3 Å². The number of allylic oxidation sites excluding steroid dienone is 1. The fourth-order valence-corrected chi connectivity index (χ4v) is 4.15.